The van der Waals surface area contributed by atoms with Crippen molar-refractivity contribution < 1.29 is 23.9 Å². The van der Waals surface area contributed by atoms with E-state index in [0.29, 0.717) is 22.7 Å². The molecule has 1 saturated heterocycles. The summed E-state index contributed by atoms with van der Waals surface area (Å²) in [5.41, 5.74) is 2.50. The number of carbonyl (C=O) groups excluding carboxylic acids is 3. The number of carbonyl (C=O) groups is 3. The SMILES string of the molecule is Cc1ccc(N2C(=O)NC(=O)/C(=C/c3cc4c(cc3Cl)OCO4)C2=O)cc1C. The quantitative estimate of drug-likeness (QED) is 0.619. The van der Waals surface area contributed by atoms with Gasteiger partial charge in [0.05, 0.1) is 10.7 Å². The third-order valence-electron chi connectivity index (χ3n) is 4.64. The molecule has 0 atom stereocenters. The number of anilines is 1. The van der Waals surface area contributed by atoms with E-state index in [9.17, 15) is 14.4 Å². The molecule has 28 heavy (non-hydrogen) atoms. The van der Waals surface area contributed by atoms with Gasteiger partial charge in [-0.25, -0.2) is 9.69 Å². The van der Waals surface area contributed by atoms with Crippen LogP contribution in [0.25, 0.3) is 6.08 Å². The average molecular weight is 399 g/mol. The maximum absolute atomic E-state index is 13.0. The Morgan fingerprint density at radius 1 is 1.04 bits per heavy atom. The van der Waals surface area contributed by atoms with Crippen molar-refractivity contribution in [2.75, 3.05) is 11.7 Å². The first-order chi connectivity index (χ1) is 13.3. The van der Waals surface area contributed by atoms with Gasteiger partial charge < -0.3 is 9.47 Å². The summed E-state index contributed by atoms with van der Waals surface area (Å²) in [6, 6.07) is 7.50. The van der Waals surface area contributed by atoms with Gasteiger partial charge in [0.1, 0.15) is 5.57 Å². The van der Waals surface area contributed by atoms with E-state index in [1.165, 1.54) is 6.08 Å². The number of imide groups is 2. The highest BCUT2D eigenvalue weighted by molar-refractivity contribution is 6.40. The lowest BCUT2D eigenvalue weighted by atomic mass is 10.0. The minimum atomic E-state index is -0.799. The molecule has 0 aromatic heterocycles. The predicted molar refractivity (Wildman–Crippen MR) is 102 cm³/mol. The minimum absolute atomic E-state index is 0.0696. The molecular weight excluding hydrogens is 384 g/mol. The first kappa shape index (κ1) is 18.1. The molecule has 2 heterocycles. The first-order valence-corrected chi connectivity index (χ1v) is 8.81. The number of nitrogens with zero attached hydrogens (tertiary/aromatic N) is 1. The highest BCUT2D eigenvalue weighted by Gasteiger charge is 2.37. The molecule has 2 aliphatic rings. The van der Waals surface area contributed by atoms with Crippen molar-refractivity contribution in [2.45, 2.75) is 13.8 Å². The number of ether oxygens (including phenoxy) is 2. The second kappa shape index (κ2) is 6.69. The Balaban J connectivity index is 1.76. The molecule has 0 bridgehead atoms. The van der Waals surface area contributed by atoms with Crippen LogP contribution in [0.4, 0.5) is 10.5 Å². The number of hydrogen-bond acceptors (Lipinski definition) is 5. The van der Waals surface area contributed by atoms with Crippen molar-refractivity contribution >= 4 is 41.2 Å². The fourth-order valence-electron chi connectivity index (χ4n) is 2.96. The van der Waals surface area contributed by atoms with Crippen LogP contribution in [0.5, 0.6) is 11.5 Å². The molecule has 4 rings (SSSR count). The summed E-state index contributed by atoms with van der Waals surface area (Å²) in [5.74, 6) is -0.574. The van der Waals surface area contributed by atoms with E-state index in [0.717, 1.165) is 16.0 Å². The molecule has 142 valence electrons. The van der Waals surface area contributed by atoms with E-state index in [-0.39, 0.29) is 17.4 Å². The number of rotatable bonds is 2. The maximum atomic E-state index is 13.0. The Bertz CT molecular complexity index is 1080. The third-order valence-corrected chi connectivity index (χ3v) is 4.97. The Hall–Kier alpha value is -3.32. The van der Waals surface area contributed by atoms with Gasteiger partial charge in [0, 0.05) is 6.07 Å². The van der Waals surface area contributed by atoms with Crippen LogP contribution in [0.1, 0.15) is 16.7 Å². The van der Waals surface area contributed by atoms with Gasteiger partial charge in [-0.05, 0) is 54.8 Å². The minimum Gasteiger partial charge on any atom is -0.454 e. The second-order valence-corrected chi connectivity index (χ2v) is 6.86. The largest absolute Gasteiger partial charge is 0.454 e. The molecule has 1 fully saturated rings. The lowest BCUT2D eigenvalue weighted by Crippen LogP contribution is -2.54. The van der Waals surface area contributed by atoms with Crippen LogP contribution in [0, 0.1) is 13.8 Å². The summed E-state index contributed by atoms with van der Waals surface area (Å²) in [6.45, 7) is 3.87. The number of urea groups is 1. The van der Waals surface area contributed by atoms with Crippen LogP contribution in [-0.2, 0) is 9.59 Å². The summed E-state index contributed by atoms with van der Waals surface area (Å²) >= 11 is 6.24. The predicted octanol–water partition coefficient (Wildman–Crippen LogP) is 3.35. The van der Waals surface area contributed by atoms with Gasteiger partial charge in [0.15, 0.2) is 11.5 Å². The number of aryl methyl sites for hydroxylation is 2. The third kappa shape index (κ3) is 2.99. The molecule has 0 spiro atoms. The normalized spacial score (nSPS) is 17.3. The van der Waals surface area contributed by atoms with Gasteiger partial charge in [-0.15, -0.1) is 0 Å². The van der Waals surface area contributed by atoms with Crippen LogP contribution in [-0.4, -0.2) is 24.6 Å². The van der Waals surface area contributed by atoms with Gasteiger partial charge in [0.2, 0.25) is 6.79 Å². The van der Waals surface area contributed by atoms with Crippen molar-refractivity contribution in [3.05, 3.63) is 57.6 Å². The molecular formula is C20H15ClN2O5. The lowest BCUT2D eigenvalue weighted by Gasteiger charge is -2.27. The lowest BCUT2D eigenvalue weighted by molar-refractivity contribution is -0.122. The van der Waals surface area contributed by atoms with Gasteiger partial charge >= 0.3 is 6.03 Å². The van der Waals surface area contributed by atoms with Crippen molar-refractivity contribution in [1.82, 2.24) is 5.32 Å². The van der Waals surface area contributed by atoms with Gasteiger partial charge in [0.25, 0.3) is 11.8 Å². The molecule has 0 saturated carbocycles. The number of halogens is 1. The summed E-state index contributed by atoms with van der Waals surface area (Å²) in [5, 5.41) is 2.48. The van der Waals surface area contributed by atoms with E-state index < -0.39 is 17.8 Å². The topological polar surface area (TPSA) is 84.9 Å². The zero-order valence-corrected chi connectivity index (χ0v) is 15.8. The van der Waals surface area contributed by atoms with Gasteiger partial charge in [-0.2, -0.15) is 0 Å². The Labute approximate surface area is 165 Å². The number of barbiturate groups is 1. The van der Waals surface area contributed by atoms with Crippen LogP contribution < -0.4 is 19.7 Å². The number of hydrogen-bond donors (Lipinski definition) is 1. The summed E-state index contributed by atoms with van der Waals surface area (Å²) < 4.78 is 10.6. The van der Waals surface area contributed by atoms with E-state index in [1.54, 1.807) is 30.3 Å². The summed E-state index contributed by atoms with van der Waals surface area (Å²) in [6.07, 6.45) is 1.34. The molecule has 4 amide bonds. The van der Waals surface area contributed by atoms with Crippen LogP contribution in [0.2, 0.25) is 5.02 Å². The summed E-state index contributed by atoms with van der Waals surface area (Å²) in [7, 11) is 0. The van der Waals surface area contributed by atoms with Crippen LogP contribution in [0.3, 0.4) is 0 Å². The molecule has 2 aromatic rings. The van der Waals surface area contributed by atoms with E-state index in [2.05, 4.69) is 5.32 Å². The summed E-state index contributed by atoms with van der Waals surface area (Å²) in [4.78, 5) is 38.5. The van der Waals surface area contributed by atoms with E-state index in [1.807, 2.05) is 13.8 Å². The molecule has 8 heteroatoms. The zero-order chi connectivity index (χ0) is 20.0. The Morgan fingerprint density at radius 2 is 1.75 bits per heavy atom. The zero-order valence-electron chi connectivity index (χ0n) is 15.0. The highest BCUT2D eigenvalue weighted by atomic mass is 35.5. The molecule has 0 aliphatic carbocycles. The van der Waals surface area contributed by atoms with E-state index >= 15 is 0 Å². The van der Waals surface area contributed by atoms with Crippen molar-refractivity contribution in [3.8, 4) is 11.5 Å². The molecule has 2 aliphatic heterocycles. The van der Waals surface area contributed by atoms with E-state index in [4.69, 9.17) is 21.1 Å². The maximum Gasteiger partial charge on any atom is 0.335 e. The number of nitrogens with one attached hydrogen (secondary N) is 1. The number of amides is 4. The number of fused-ring (bicyclic) bond motifs is 1. The molecule has 0 radical (unpaired) electrons. The molecule has 1 N–H and O–H groups in total. The fourth-order valence-corrected chi connectivity index (χ4v) is 3.16. The van der Waals surface area contributed by atoms with Crippen LogP contribution in [0.15, 0.2) is 35.9 Å². The molecule has 0 unspecified atom stereocenters. The standard InChI is InChI=1S/C20H15ClN2O5/c1-10-3-4-13(5-11(10)2)23-19(25)14(18(24)22-20(23)26)6-12-7-16-17(8-15(12)21)28-9-27-16/h3-8H,9H2,1-2H3,(H,22,24,26)/b14-6-. The van der Waals surface area contributed by atoms with Crippen LogP contribution >= 0.6 is 11.6 Å². The Kier molecular flexibility index (Phi) is 4.31. The van der Waals surface area contributed by atoms with Gasteiger partial charge in [-0.1, -0.05) is 17.7 Å². The van der Waals surface area contributed by atoms with Gasteiger partial charge in [-0.3, -0.25) is 14.9 Å². The molecule has 7 nitrogen and oxygen atoms in total. The van der Waals surface area contributed by atoms with Crippen molar-refractivity contribution in [3.63, 3.8) is 0 Å². The number of benzene rings is 2. The first-order valence-electron chi connectivity index (χ1n) is 8.43. The smallest absolute Gasteiger partial charge is 0.335 e. The Morgan fingerprint density at radius 3 is 2.46 bits per heavy atom. The van der Waals surface area contributed by atoms with Crippen molar-refractivity contribution in [1.29, 1.82) is 0 Å². The average Bonchev–Trinajstić information content (AvgIpc) is 3.08. The second-order valence-electron chi connectivity index (χ2n) is 6.45. The molecule has 2 aromatic carbocycles. The fraction of sp³-hybridized carbons (Fsp3) is 0.150. The highest BCUT2D eigenvalue weighted by Crippen LogP contribution is 2.38. The van der Waals surface area contributed by atoms with Crippen molar-refractivity contribution in [2.24, 2.45) is 0 Å². The monoisotopic (exact) mass is 398 g/mol.